The number of hydrogen-bond donors (Lipinski definition) is 2. The van der Waals surface area contributed by atoms with Gasteiger partial charge in [-0.2, -0.15) is 5.10 Å². The van der Waals surface area contributed by atoms with E-state index >= 15 is 0 Å². The van der Waals surface area contributed by atoms with Crippen molar-refractivity contribution in [3.8, 4) is 0 Å². The molecule has 1 saturated carbocycles. The number of carboxylic acid groups (broad SMARTS) is 1. The van der Waals surface area contributed by atoms with Crippen molar-refractivity contribution in [1.82, 2.24) is 15.1 Å². The van der Waals surface area contributed by atoms with Crippen molar-refractivity contribution in [2.24, 2.45) is 7.05 Å². The molecule has 0 spiro atoms. The molecule has 0 bridgehead atoms. The molecule has 6 nitrogen and oxygen atoms in total. The first kappa shape index (κ1) is 15.3. The number of hydrogen-bond acceptors (Lipinski definition) is 3. The van der Waals surface area contributed by atoms with E-state index in [1.165, 1.54) is 0 Å². The summed E-state index contributed by atoms with van der Waals surface area (Å²) < 4.78 is 1.73. The van der Waals surface area contributed by atoms with Gasteiger partial charge >= 0.3 is 5.97 Å². The Hall–Kier alpha value is -2.63. The zero-order valence-electron chi connectivity index (χ0n) is 12.9. The lowest BCUT2D eigenvalue weighted by Crippen LogP contribution is -2.32. The van der Waals surface area contributed by atoms with Gasteiger partial charge in [0.25, 0.3) is 5.91 Å². The molecular formula is C17H19N3O3. The van der Waals surface area contributed by atoms with Crippen LogP contribution in [0.25, 0.3) is 0 Å². The third kappa shape index (κ3) is 3.26. The molecule has 1 aromatic heterocycles. The zero-order chi connectivity index (χ0) is 16.4. The number of rotatable bonds is 6. The summed E-state index contributed by atoms with van der Waals surface area (Å²) >= 11 is 0. The molecule has 0 radical (unpaired) electrons. The number of aryl methyl sites for hydroxylation is 1. The van der Waals surface area contributed by atoms with Crippen LogP contribution in [-0.2, 0) is 11.8 Å². The summed E-state index contributed by atoms with van der Waals surface area (Å²) in [7, 11) is 1.83. The quantitative estimate of drug-likeness (QED) is 0.853. The Bertz CT molecular complexity index is 720. The molecule has 1 aliphatic rings. The highest BCUT2D eigenvalue weighted by molar-refractivity contribution is 5.95. The predicted molar refractivity (Wildman–Crippen MR) is 84.3 cm³/mol. The van der Waals surface area contributed by atoms with E-state index in [1.807, 2.05) is 13.1 Å². The number of aromatic nitrogens is 2. The molecule has 1 atom stereocenters. The van der Waals surface area contributed by atoms with E-state index in [0.29, 0.717) is 17.0 Å². The van der Waals surface area contributed by atoms with Crippen LogP contribution < -0.4 is 5.32 Å². The molecule has 1 aliphatic carbocycles. The lowest BCUT2D eigenvalue weighted by molar-refractivity contribution is -0.138. The van der Waals surface area contributed by atoms with Crippen LogP contribution in [0.4, 0.5) is 0 Å². The third-order valence-electron chi connectivity index (χ3n) is 4.16. The van der Waals surface area contributed by atoms with Crippen LogP contribution in [0.1, 0.15) is 46.3 Å². The van der Waals surface area contributed by atoms with Gasteiger partial charge in [-0.3, -0.25) is 14.3 Å². The molecule has 1 fully saturated rings. The molecule has 1 unspecified atom stereocenters. The van der Waals surface area contributed by atoms with Crippen LogP contribution in [-0.4, -0.2) is 33.3 Å². The summed E-state index contributed by atoms with van der Waals surface area (Å²) in [5, 5.41) is 16.3. The second kappa shape index (κ2) is 6.24. The van der Waals surface area contributed by atoms with Crippen molar-refractivity contribution >= 4 is 11.9 Å². The number of amides is 1. The van der Waals surface area contributed by atoms with Gasteiger partial charge in [0.1, 0.15) is 0 Å². The van der Waals surface area contributed by atoms with Gasteiger partial charge in [-0.15, -0.1) is 0 Å². The summed E-state index contributed by atoms with van der Waals surface area (Å²) in [6.45, 7) is 0.0528. The molecule has 2 aromatic rings. The van der Waals surface area contributed by atoms with Crippen LogP contribution in [0.5, 0.6) is 0 Å². The summed E-state index contributed by atoms with van der Waals surface area (Å²) in [4.78, 5) is 23.9. The first-order valence-electron chi connectivity index (χ1n) is 7.65. The van der Waals surface area contributed by atoms with Crippen molar-refractivity contribution in [3.63, 3.8) is 0 Å². The van der Waals surface area contributed by atoms with E-state index < -0.39 is 11.9 Å². The lowest BCUT2D eigenvalue weighted by atomic mass is 9.99. The van der Waals surface area contributed by atoms with Crippen LogP contribution in [0, 0.1) is 0 Å². The number of aliphatic carboxylic acids is 1. The molecule has 0 saturated heterocycles. The Morgan fingerprint density at radius 2 is 2.04 bits per heavy atom. The highest BCUT2D eigenvalue weighted by atomic mass is 16.4. The summed E-state index contributed by atoms with van der Waals surface area (Å²) in [5.41, 5.74) is 2.16. The summed E-state index contributed by atoms with van der Waals surface area (Å²) in [5.74, 6) is -1.58. The lowest BCUT2D eigenvalue weighted by Gasteiger charge is -2.14. The van der Waals surface area contributed by atoms with Gasteiger partial charge in [-0.05, 0) is 18.4 Å². The zero-order valence-corrected chi connectivity index (χ0v) is 12.9. The van der Waals surface area contributed by atoms with Crippen molar-refractivity contribution in [2.45, 2.75) is 24.7 Å². The predicted octanol–water partition coefficient (Wildman–Crippen LogP) is 1.90. The fraction of sp³-hybridized carbons (Fsp3) is 0.353. The van der Waals surface area contributed by atoms with Gasteiger partial charge in [0.2, 0.25) is 0 Å². The van der Waals surface area contributed by atoms with Gasteiger partial charge in [0, 0.05) is 19.5 Å². The maximum atomic E-state index is 12.4. The minimum Gasteiger partial charge on any atom is -0.481 e. The molecular weight excluding hydrogens is 294 g/mol. The fourth-order valence-electron chi connectivity index (χ4n) is 2.79. The van der Waals surface area contributed by atoms with Crippen molar-refractivity contribution in [3.05, 3.63) is 53.3 Å². The van der Waals surface area contributed by atoms with E-state index in [9.17, 15) is 14.7 Å². The summed E-state index contributed by atoms with van der Waals surface area (Å²) in [6.07, 6.45) is 3.70. The Balaban J connectivity index is 1.71. The SMILES string of the molecule is Cn1ncc(C(=O)NCC(C(=O)O)c2ccccc2)c1C1CC1. The van der Waals surface area contributed by atoms with Crippen LogP contribution in [0.2, 0.25) is 0 Å². The van der Waals surface area contributed by atoms with E-state index in [0.717, 1.165) is 18.5 Å². The Morgan fingerprint density at radius 3 is 2.65 bits per heavy atom. The van der Waals surface area contributed by atoms with E-state index in [2.05, 4.69) is 10.4 Å². The Labute approximate surface area is 134 Å². The standard InChI is InChI=1S/C17H19N3O3/c1-20-15(12-7-8-12)14(10-19-20)16(21)18-9-13(17(22)23)11-5-3-2-4-6-11/h2-6,10,12-13H,7-9H2,1H3,(H,18,21)(H,22,23). The van der Waals surface area contributed by atoms with E-state index in [4.69, 9.17) is 0 Å². The molecule has 1 amide bonds. The molecule has 23 heavy (non-hydrogen) atoms. The smallest absolute Gasteiger partial charge is 0.312 e. The first-order valence-corrected chi connectivity index (χ1v) is 7.65. The second-order valence-electron chi connectivity index (χ2n) is 5.85. The normalized spacial score (nSPS) is 15.2. The van der Waals surface area contributed by atoms with Gasteiger partial charge in [-0.25, -0.2) is 0 Å². The van der Waals surface area contributed by atoms with Crippen LogP contribution in [0.3, 0.4) is 0 Å². The molecule has 120 valence electrons. The van der Waals surface area contributed by atoms with Gasteiger partial charge in [0.05, 0.1) is 23.4 Å². The molecule has 0 aliphatic heterocycles. The number of carboxylic acids is 1. The fourth-order valence-corrected chi connectivity index (χ4v) is 2.79. The average Bonchev–Trinajstić information content (AvgIpc) is 3.30. The van der Waals surface area contributed by atoms with Gasteiger partial charge in [-0.1, -0.05) is 30.3 Å². The minimum atomic E-state index is -0.954. The number of carbonyl (C=O) groups is 2. The number of benzene rings is 1. The Kier molecular flexibility index (Phi) is 4.14. The Morgan fingerprint density at radius 1 is 1.35 bits per heavy atom. The van der Waals surface area contributed by atoms with Crippen LogP contribution >= 0.6 is 0 Å². The molecule has 1 heterocycles. The third-order valence-corrected chi connectivity index (χ3v) is 4.16. The molecule has 6 heteroatoms. The topological polar surface area (TPSA) is 84.2 Å². The molecule has 1 aromatic carbocycles. The molecule has 3 rings (SSSR count). The molecule has 2 N–H and O–H groups in total. The van der Waals surface area contributed by atoms with Gasteiger partial charge < -0.3 is 10.4 Å². The van der Waals surface area contributed by atoms with E-state index in [1.54, 1.807) is 35.1 Å². The van der Waals surface area contributed by atoms with Crippen molar-refractivity contribution in [1.29, 1.82) is 0 Å². The maximum Gasteiger partial charge on any atom is 0.312 e. The number of nitrogens with zero attached hydrogens (tertiary/aromatic N) is 2. The summed E-state index contributed by atoms with van der Waals surface area (Å²) in [6, 6.07) is 8.92. The highest BCUT2D eigenvalue weighted by Gasteiger charge is 2.32. The maximum absolute atomic E-state index is 12.4. The number of carbonyl (C=O) groups excluding carboxylic acids is 1. The monoisotopic (exact) mass is 313 g/mol. The van der Waals surface area contributed by atoms with E-state index in [-0.39, 0.29) is 12.5 Å². The first-order chi connectivity index (χ1) is 11.1. The minimum absolute atomic E-state index is 0.0528. The van der Waals surface area contributed by atoms with Crippen molar-refractivity contribution < 1.29 is 14.7 Å². The largest absolute Gasteiger partial charge is 0.481 e. The second-order valence-corrected chi connectivity index (χ2v) is 5.85. The van der Waals surface area contributed by atoms with Crippen LogP contribution in [0.15, 0.2) is 36.5 Å². The van der Waals surface area contributed by atoms with Crippen molar-refractivity contribution in [2.75, 3.05) is 6.54 Å². The van der Waals surface area contributed by atoms with Gasteiger partial charge in [0.15, 0.2) is 0 Å². The number of nitrogens with one attached hydrogen (secondary N) is 1. The average molecular weight is 313 g/mol. The highest BCUT2D eigenvalue weighted by Crippen LogP contribution is 2.41.